The molecule has 0 N–H and O–H groups in total. The molecule has 3 aromatic heterocycles. The number of hydrogen-bond donors (Lipinski definition) is 0. The zero-order valence-electron chi connectivity index (χ0n) is 25.7. The highest BCUT2D eigenvalue weighted by atomic mass is 16.6. The van der Waals surface area contributed by atoms with E-state index in [1.165, 1.54) is 0 Å². The van der Waals surface area contributed by atoms with Gasteiger partial charge in [-0.2, -0.15) is 0 Å². The number of para-hydroxylation sites is 2. The molecule has 0 spiro atoms. The number of carbonyl (C=O) groups is 1. The van der Waals surface area contributed by atoms with Crippen LogP contribution >= 0.6 is 0 Å². The molecule has 0 bridgehead atoms. The number of fused-ring (bicyclic) bond motifs is 3. The largest absolute Gasteiger partial charge is 0.497 e. The van der Waals surface area contributed by atoms with Gasteiger partial charge in [0.2, 0.25) is 5.60 Å². The van der Waals surface area contributed by atoms with Crippen LogP contribution in [0, 0.1) is 0 Å². The Morgan fingerprint density at radius 2 is 1.58 bits per heavy atom. The maximum absolute atomic E-state index is 14.0. The fourth-order valence-corrected chi connectivity index (χ4v) is 6.24. The third-order valence-corrected chi connectivity index (χ3v) is 8.34. The SMILES string of the molecule is CCOc1cc(N(CC)CC)ccc1C1(c2c(-c3ccc(OC)cc3)nc3ccccn23)OC(=O)c2nc3ccccc3nc21. The summed E-state index contributed by atoms with van der Waals surface area (Å²) in [4.78, 5) is 31.2. The molecule has 3 aromatic carbocycles. The van der Waals surface area contributed by atoms with Crippen LogP contribution in [0.3, 0.4) is 0 Å². The van der Waals surface area contributed by atoms with E-state index in [1.807, 2.05) is 102 Å². The number of hydrogen-bond acceptors (Lipinski definition) is 8. The highest BCUT2D eigenvalue weighted by molar-refractivity contribution is 5.96. The number of esters is 1. The van der Waals surface area contributed by atoms with Gasteiger partial charge in [-0.05, 0) is 81.4 Å². The average Bonchev–Trinajstić information content (AvgIpc) is 3.60. The van der Waals surface area contributed by atoms with Crippen LogP contribution in [0.1, 0.15) is 48.2 Å². The van der Waals surface area contributed by atoms with Gasteiger partial charge in [0.05, 0.1) is 36.0 Å². The number of pyridine rings is 1. The smallest absolute Gasteiger partial charge is 0.360 e. The lowest BCUT2D eigenvalue weighted by molar-refractivity contribution is 0.0220. The van der Waals surface area contributed by atoms with Gasteiger partial charge in [0.25, 0.3) is 0 Å². The summed E-state index contributed by atoms with van der Waals surface area (Å²) in [5.74, 6) is 0.744. The number of carbonyl (C=O) groups excluding carboxylic acids is 1. The maximum Gasteiger partial charge on any atom is 0.360 e. The molecule has 0 fully saturated rings. The number of cyclic esters (lactones) is 1. The quantitative estimate of drug-likeness (QED) is 0.171. The summed E-state index contributed by atoms with van der Waals surface area (Å²) in [6.45, 7) is 8.25. The highest BCUT2D eigenvalue weighted by Crippen LogP contribution is 2.52. The summed E-state index contributed by atoms with van der Waals surface area (Å²) in [6.07, 6.45) is 1.93. The zero-order chi connectivity index (χ0) is 31.1. The van der Waals surface area contributed by atoms with Crippen molar-refractivity contribution in [1.29, 1.82) is 0 Å². The normalized spacial score (nSPS) is 15.7. The summed E-state index contributed by atoms with van der Waals surface area (Å²) in [5, 5.41) is 0. The minimum absolute atomic E-state index is 0.163. The monoisotopic (exact) mass is 599 g/mol. The predicted octanol–water partition coefficient (Wildman–Crippen LogP) is 6.66. The molecule has 45 heavy (non-hydrogen) atoms. The third-order valence-electron chi connectivity index (χ3n) is 8.34. The number of aromatic nitrogens is 4. The van der Waals surface area contributed by atoms with Gasteiger partial charge in [-0.1, -0.05) is 18.2 Å². The molecular weight excluding hydrogens is 566 g/mol. The number of ether oxygens (including phenoxy) is 3. The molecule has 9 heteroatoms. The number of methoxy groups -OCH3 is 1. The van der Waals surface area contributed by atoms with Crippen molar-refractivity contribution in [2.24, 2.45) is 0 Å². The zero-order valence-corrected chi connectivity index (χ0v) is 25.7. The van der Waals surface area contributed by atoms with Crippen molar-refractivity contribution in [3.63, 3.8) is 0 Å². The van der Waals surface area contributed by atoms with Crippen molar-refractivity contribution in [3.05, 3.63) is 114 Å². The predicted molar refractivity (Wildman–Crippen MR) is 173 cm³/mol. The molecule has 0 saturated heterocycles. The molecule has 1 aliphatic rings. The minimum atomic E-state index is -1.55. The summed E-state index contributed by atoms with van der Waals surface area (Å²) < 4.78 is 20.4. The van der Waals surface area contributed by atoms with Crippen molar-refractivity contribution < 1.29 is 19.0 Å². The van der Waals surface area contributed by atoms with E-state index in [0.717, 1.165) is 30.1 Å². The molecule has 1 aliphatic heterocycles. The molecule has 0 saturated carbocycles. The van der Waals surface area contributed by atoms with E-state index in [-0.39, 0.29) is 5.69 Å². The standard InChI is InChI=1S/C36H33N5O4/c1-5-40(6-2)24-17-20-26(29(22-24)44-7-3)36(33-32(35(42)45-36)37-27-12-8-9-13-28(27)38-33)34-31(23-15-18-25(43-4)19-16-23)39-30-14-10-11-21-41(30)34/h8-22H,5-7H2,1-4H3. The molecular formula is C36H33N5O4. The lowest BCUT2D eigenvalue weighted by Gasteiger charge is -2.32. The van der Waals surface area contributed by atoms with Crippen LogP contribution in [-0.4, -0.2) is 52.1 Å². The van der Waals surface area contributed by atoms with E-state index >= 15 is 0 Å². The summed E-state index contributed by atoms with van der Waals surface area (Å²) in [6, 6.07) is 27.1. The van der Waals surface area contributed by atoms with Crippen molar-refractivity contribution in [2.75, 3.05) is 31.7 Å². The van der Waals surface area contributed by atoms with Crippen LogP contribution in [0.4, 0.5) is 5.69 Å². The van der Waals surface area contributed by atoms with Crippen molar-refractivity contribution in [3.8, 4) is 22.8 Å². The second kappa shape index (κ2) is 11.2. The molecule has 0 amide bonds. The Hall–Kier alpha value is -5.44. The van der Waals surface area contributed by atoms with Crippen LogP contribution in [0.2, 0.25) is 0 Å². The first-order valence-corrected chi connectivity index (χ1v) is 15.2. The molecule has 4 heterocycles. The van der Waals surface area contributed by atoms with Gasteiger partial charge in [0, 0.05) is 36.6 Å². The van der Waals surface area contributed by atoms with Crippen molar-refractivity contribution in [1.82, 2.24) is 19.4 Å². The Balaban J connectivity index is 1.62. The van der Waals surface area contributed by atoms with Gasteiger partial charge in [0.15, 0.2) is 5.69 Å². The first-order valence-electron chi connectivity index (χ1n) is 15.2. The number of anilines is 1. The van der Waals surface area contributed by atoms with E-state index in [9.17, 15) is 4.79 Å². The Bertz CT molecular complexity index is 2050. The van der Waals surface area contributed by atoms with Gasteiger partial charge in [-0.15, -0.1) is 0 Å². The Morgan fingerprint density at radius 1 is 0.844 bits per heavy atom. The Labute approximate surface area is 261 Å². The number of imidazole rings is 1. The number of benzene rings is 3. The summed E-state index contributed by atoms with van der Waals surface area (Å²) in [7, 11) is 1.63. The fraction of sp³-hybridized carbons (Fsp3) is 0.222. The number of rotatable bonds is 9. The molecule has 6 aromatic rings. The topological polar surface area (TPSA) is 91.1 Å². The average molecular weight is 600 g/mol. The van der Waals surface area contributed by atoms with Crippen LogP contribution in [0.5, 0.6) is 11.5 Å². The van der Waals surface area contributed by atoms with Crippen LogP contribution in [0.15, 0.2) is 91.1 Å². The minimum Gasteiger partial charge on any atom is -0.497 e. The van der Waals surface area contributed by atoms with Crippen LogP contribution in [0.25, 0.3) is 27.9 Å². The third kappa shape index (κ3) is 4.46. The molecule has 226 valence electrons. The highest BCUT2D eigenvalue weighted by Gasteiger charge is 2.56. The van der Waals surface area contributed by atoms with E-state index in [2.05, 4.69) is 18.7 Å². The molecule has 1 unspecified atom stereocenters. The molecule has 7 rings (SSSR count). The number of nitrogens with zero attached hydrogens (tertiary/aromatic N) is 5. The second-order valence-electron chi connectivity index (χ2n) is 10.7. The Kier molecular flexibility index (Phi) is 7.08. The molecule has 9 nitrogen and oxygen atoms in total. The molecule has 1 atom stereocenters. The van der Waals surface area contributed by atoms with Crippen LogP contribution < -0.4 is 14.4 Å². The van der Waals surface area contributed by atoms with Gasteiger partial charge in [-0.3, -0.25) is 4.40 Å². The van der Waals surface area contributed by atoms with Crippen LogP contribution in [-0.2, 0) is 10.3 Å². The van der Waals surface area contributed by atoms with Gasteiger partial charge in [0.1, 0.15) is 28.5 Å². The van der Waals surface area contributed by atoms with E-state index in [4.69, 9.17) is 29.2 Å². The van der Waals surface area contributed by atoms with Gasteiger partial charge >= 0.3 is 5.97 Å². The van der Waals surface area contributed by atoms with E-state index in [1.54, 1.807) is 7.11 Å². The second-order valence-corrected chi connectivity index (χ2v) is 10.7. The lowest BCUT2D eigenvalue weighted by atomic mass is 9.83. The fourth-order valence-electron chi connectivity index (χ4n) is 6.24. The van der Waals surface area contributed by atoms with Crippen molar-refractivity contribution in [2.45, 2.75) is 26.4 Å². The van der Waals surface area contributed by atoms with E-state index < -0.39 is 11.6 Å². The first-order chi connectivity index (χ1) is 22.0. The summed E-state index contributed by atoms with van der Waals surface area (Å²) >= 11 is 0. The molecule has 0 aliphatic carbocycles. The maximum atomic E-state index is 14.0. The van der Waals surface area contributed by atoms with Gasteiger partial charge < -0.3 is 19.1 Å². The summed E-state index contributed by atoms with van der Waals surface area (Å²) in [5.41, 5.74) is 4.67. The lowest BCUT2D eigenvalue weighted by Crippen LogP contribution is -2.33. The van der Waals surface area contributed by atoms with Crippen molar-refractivity contribution >= 4 is 28.3 Å². The van der Waals surface area contributed by atoms with E-state index in [0.29, 0.717) is 51.7 Å². The van der Waals surface area contributed by atoms with Gasteiger partial charge in [-0.25, -0.2) is 19.7 Å². The Morgan fingerprint density at radius 3 is 2.29 bits per heavy atom. The molecule has 0 radical (unpaired) electrons. The first kappa shape index (κ1) is 28.3.